The number of benzene rings is 2. The van der Waals surface area contributed by atoms with Gasteiger partial charge in [-0.2, -0.15) is 4.98 Å². The molecule has 32 heavy (non-hydrogen) atoms. The van der Waals surface area contributed by atoms with Gasteiger partial charge in [-0.1, -0.05) is 54.6 Å². The van der Waals surface area contributed by atoms with Gasteiger partial charge < -0.3 is 15.4 Å². The fourth-order valence-electron chi connectivity index (χ4n) is 5.20. The molecule has 3 aromatic rings. The van der Waals surface area contributed by atoms with Crippen LogP contribution in [0.3, 0.4) is 0 Å². The molecular weight excluding hydrogens is 400 g/mol. The van der Waals surface area contributed by atoms with Gasteiger partial charge in [0.25, 0.3) is 5.56 Å². The van der Waals surface area contributed by atoms with Crippen LogP contribution in [0.5, 0.6) is 0 Å². The van der Waals surface area contributed by atoms with Crippen molar-refractivity contribution in [2.75, 3.05) is 30.3 Å². The summed E-state index contributed by atoms with van der Waals surface area (Å²) < 4.78 is 7.48. The summed E-state index contributed by atoms with van der Waals surface area (Å²) in [5.74, 6) is 0.938. The number of hydrogen-bond acceptors (Lipinski definition) is 5. The highest BCUT2D eigenvalue weighted by Crippen LogP contribution is 2.42. The van der Waals surface area contributed by atoms with Gasteiger partial charge in [-0.25, -0.2) is 0 Å². The van der Waals surface area contributed by atoms with E-state index >= 15 is 0 Å². The fourth-order valence-corrected chi connectivity index (χ4v) is 5.20. The Morgan fingerprint density at radius 1 is 1.00 bits per heavy atom. The largest absolute Gasteiger partial charge is 0.383 e. The minimum atomic E-state index is -0.113. The number of nitrogen functional groups attached to an aromatic ring is 1. The van der Waals surface area contributed by atoms with Crippen molar-refractivity contribution in [2.24, 2.45) is 12.5 Å². The summed E-state index contributed by atoms with van der Waals surface area (Å²) in [6, 6.07) is 18.1. The van der Waals surface area contributed by atoms with Gasteiger partial charge in [-0.05, 0) is 48.3 Å². The van der Waals surface area contributed by atoms with Crippen LogP contribution in [0, 0.1) is 5.41 Å². The predicted octanol–water partition coefficient (Wildman–Crippen LogP) is 4.09. The van der Waals surface area contributed by atoms with E-state index < -0.39 is 0 Å². The quantitative estimate of drug-likeness (QED) is 0.677. The molecule has 166 valence electrons. The van der Waals surface area contributed by atoms with E-state index in [4.69, 9.17) is 10.5 Å². The summed E-state index contributed by atoms with van der Waals surface area (Å²) >= 11 is 0. The highest BCUT2D eigenvalue weighted by Gasteiger charge is 2.41. The Labute approximate surface area is 188 Å². The van der Waals surface area contributed by atoms with Gasteiger partial charge in [0.15, 0.2) is 0 Å². The van der Waals surface area contributed by atoms with E-state index in [9.17, 15) is 4.79 Å². The van der Waals surface area contributed by atoms with Gasteiger partial charge in [-0.3, -0.25) is 9.36 Å². The Morgan fingerprint density at radius 2 is 1.62 bits per heavy atom. The maximum absolute atomic E-state index is 13.3. The molecule has 1 spiro atoms. The zero-order valence-electron chi connectivity index (χ0n) is 18.8. The van der Waals surface area contributed by atoms with E-state index in [1.807, 2.05) is 42.5 Å². The SMILES string of the molecule is C[C@H]1CC2(CCN(c3nc(N)c(-c4ccc(-c5ccccc5)cc4)c(=O)n3C)CC2)CO1. The second-order valence-electron chi connectivity index (χ2n) is 9.29. The van der Waals surface area contributed by atoms with Crippen molar-refractivity contribution in [3.63, 3.8) is 0 Å². The van der Waals surface area contributed by atoms with Gasteiger partial charge in [0.2, 0.25) is 5.95 Å². The summed E-state index contributed by atoms with van der Waals surface area (Å²) in [7, 11) is 1.79. The number of nitrogens with two attached hydrogens (primary N) is 1. The molecule has 2 aliphatic heterocycles. The van der Waals surface area contributed by atoms with E-state index in [2.05, 4.69) is 28.9 Å². The maximum atomic E-state index is 13.3. The molecule has 2 fully saturated rings. The minimum Gasteiger partial charge on any atom is -0.383 e. The molecule has 0 unspecified atom stereocenters. The van der Waals surface area contributed by atoms with Crippen molar-refractivity contribution >= 4 is 11.8 Å². The number of rotatable bonds is 3. The summed E-state index contributed by atoms with van der Waals surface area (Å²) in [6.45, 7) is 4.72. The van der Waals surface area contributed by atoms with Crippen LogP contribution in [0.2, 0.25) is 0 Å². The van der Waals surface area contributed by atoms with Crippen LogP contribution in [0.1, 0.15) is 26.2 Å². The Bertz CT molecular complexity index is 1160. The predicted molar refractivity (Wildman–Crippen MR) is 129 cm³/mol. The molecule has 0 radical (unpaired) electrons. The van der Waals surface area contributed by atoms with E-state index in [-0.39, 0.29) is 16.8 Å². The molecule has 6 heteroatoms. The fraction of sp³-hybridized carbons (Fsp3) is 0.385. The van der Waals surface area contributed by atoms with Crippen LogP contribution in [0.15, 0.2) is 59.4 Å². The Hall–Kier alpha value is -3.12. The lowest BCUT2D eigenvalue weighted by atomic mass is 9.77. The first-order chi connectivity index (χ1) is 15.5. The zero-order chi connectivity index (χ0) is 22.3. The first kappa shape index (κ1) is 20.8. The van der Waals surface area contributed by atoms with Crippen LogP contribution in [-0.2, 0) is 11.8 Å². The normalized spacial score (nSPS) is 20.1. The van der Waals surface area contributed by atoms with Crippen LogP contribution >= 0.6 is 0 Å². The Morgan fingerprint density at radius 3 is 2.25 bits per heavy atom. The molecule has 5 rings (SSSR count). The van der Waals surface area contributed by atoms with Crippen LogP contribution in [0.4, 0.5) is 11.8 Å². The third-order valence-corrected chi connectivity index (χ3v) is 7.08. The number of ether oxygens (including phenoxy) is 1. The smallest absolute Gasteiger partial charge is 0.264 e. The van der Waals surface area contributed by atoms with E-state index in [0.717, 1.165) is 55.6 Å². The third-order valence-electron chi connectivity index (χ3n) is 7.08. The number of hydrogen-bond donors (Lipinski definition) is 1. The molecule has 3 heterocycles. The lowest BCUT2D eigenvalue weighted by Crippen LogP contribution is -2.43. The van der Waals surface area contributed by atoms with Gasteiger partial charge in [0, 0.05) is 20.1 Å². The highest BCUT2D eigenvalue weighted by atomic mass is 16.5. The first-order valence-electron chi connectivity index (χ1n) is 11.3. The Kier molecular flexibility index (Phi) is 5.25. The zero-order valence-corrected chi connectivity index (χ0v) is 18.8. The molecular formula is C26H30N4O2. The lowest BCUT2D eigenvalue weighted by Gasteiger charge is -2.39. The van der Waals surface area contributed by atoms with E-state index in [1.165, 1.54) is 0 Å². The van der Waals surface area contributed by atoms with Crippen molar-refractivity contribution in [1.29, 1.82) is 0 Å². The molecule has 0 amide bonds. The van der Waals surface area contributed by atoms with Crippen molar-refractivity contribution < 1.29 is 4.74 Å². The minimum absolute atomic E-state index is 0.113. The van der Waals surface area contributed by atoms with Gasteiger partial charge in [0.1, 0.15) is 5.82 Å². The molecule has 0 aliphatic carbocycles. The van der Waals surface area contributed by atoms with E-state index in [1.54, 1.807) is 11.6 Å². The molecule has 1 atom stereocenters. The van der Waals surface area contributed by atoms with Crippen molar-refractivity contribution in [1.82, 2.24) is 9.55 Å². The third kappa shape index (κ3) is 3.69. The second kappa shape index (κ2) is 8.10. The summed E-state index contributed by atoms with van der Waals surface area (Å²) in [4.78, 5) is 20.2. The number of piperidine rings is 1. The van der Waals surface area contributed by atoms with Gasteiger partial charge >= 0.3 is 0 Å². The van der Waals surface area contributed by atoms with Crippen LogP contribution in [-0.4, -0.2) is 35.4 Å². The first-order valence-corrected chi connectivity index (χ1v) is 11.3. The molecule has 1 aromatic heterocycles. The molecule has 0 saturated carbocycles. The molecule has 2 N–H and O–H groups in total. The summed E-state index contributed by atoms with van der Waals surface area (Å²) in [6.07, 6.45) is 3.56. The van der Waals surface area contributed by atoms with Gasteiger partial charge in [-0.15, -0.1) is 0 Å². The van der Waals surface area contributed by atoms with Gasteiger partial charge in [0.05, 0.1) is 18.3 Å². The standard InChI is InChI=1S/C26H30N4O2/c1-18-16-26(17-32-18)12-14-30(15-13-26)25-28-23(27)22(24(31)29(25)2)21-10-8-20(9-11-21)19-6-4-3-5-7-19/h3-11,18H,12-17,27H2,1-2H3/t18-/m0/s1. The molecule has 0 bridgehead atoms. The number of anilines is 2. The number of nitrogens with zero attached hydrogens (tertiary/aromatic N) is 3. The molecule has 2 aromatic carbocycles. The maximum Gasteiger partial charge on any atom is 0.264 e. The van der Waals surface area contributed by atoms with Crippen molar-refractivity contribution in [3.05, 3.63) is 65.0 Å². The van der Waals surface area contributed by atoms with Crippen molar-refractivity contribution in [3.8, 4) is 22.3 Å². The summed E-state index contributed by atoms with van der Waals surface area (Å²) in [5, 5.41) is 0. The molecule has 6 nitrogen and oxygen atoms in total. The lowest BCUT2D eigenvalue weighted by molar-refractivity contribution is 0.0974. The topological polar surface area (TPSA) is 73.4 Å². The Balaban J connectivity index is 1.40. The average Bonchev–Trinajstić information content (AvgIpc) is 3.18. The van der Waals surface area contributed by atoms with E-state index in [0.29, 0.717) is 17.6 Å². The van der Waals surface area contributed by atoms with Crippen molar-refractivity contribution in [2.45, 2.75) is 32.3 Å². The second-order valence-corrected chi connectivity index (χ2v) is 9.29. The highest BCUT2D eigenvalue weighted by molar-refractivity contribution is 5.76. The van der Waals surface area contributed by atoms with Crippen LogP contribution < -0.4 is 16.2 Å². The number of aromatic nitrogens is 2. The van der Waals surface area contributed by atoms with Crippen LogP contribution in [0.25, 0.3) is 22.3 Å². The summed E-state index contributed by atoms with van der Waals surface area (Å²) in [5.41, 5.74) is 9.99. The molecule has 2 saturated heterocycles. The molecule has 2 aliphatic rings. The monoisotopic (exact) mass is 430 g/mol. The average molecular weight is 431 g/mol.